The average Bonchev–Trinajstić information content (AvgIpc) is 2.76. The molecule has 7 heteroatoms. The molecule has 2 aromatic rings. The van der Waals surface area contributed by atoms with Crippen LogP contribution in [-0.2, 0) is 0 Å². The molecule has 1 aromatic heterocycles. The topological polar surface area (TPSA) is 101 Å². The van der Waals surface area contributed by atoms with E-state index in [2.05, 4.69) is 10.3 Å². The van der Waals surface area contributed by atoms with Gasteiger partial charge in [-0.15, -0.1) is 0 Å². The number of non-ortho nitro benzene ring substituents is 1. The zero-order valence-electron chi connectivity index (χ0n) is 12.3. The molecule has 2 N–H and O–H groups in total. The number of hydrogen-bond acceptors (Lipinski definition) is 6. The summed E-state index contributed by atoms with van der Waals surface area (Å²) in [4.78, 5) is 14.4. The van der Waals surface area contributed by atoms with Gasteiger partial charge in [0.1, 0.15) is 5.52 Å². The van der Waals surface area contributed by atoms with Crippen molar-refractivity contribution in [3.8, 4) is 0 Å². The van der Waals surface area contributed by atoms with Crippen molar-refractivity contribution in [3.05, 3.63) is 28.3 Å². The highest BCUT2D eigenvalue weighted by atomic mass is 16.6. The van der Waals surface area contributed by atoms with E-state index in [0.29, 0.717) is 30.0 Å². The second-order valence-corrected chi connectivity index (χ2v) is 5.88. The van der Waals surface area contributed by atoms with Crippen LogP contribution in [-0.4, -0.2) is 27.2 Å². The van der Waals surface area contributed by atoms with Crippen LogP contribution in [0.4, 0.5) is 11.7 Å². The Hall–Kier alpha value is -2.15. The lowest BCUT2D eigenvalue weighted by molar-refractivity contribution is -0.384. The minimum atomic E-state index is -0.874. The van der Waals surface area contributed by atoms with Crippen molar-refractivity contribution in [2.45, 2.75) is 32.8 Å². The van der Waals surface area contributed by atoms with Crippen molar-refractivity contribution >= 4 is 22.8 Å². The second kappa shape index (κ2) is 5.69. The molecule has 0 aliphatic carbocycles. The van der Waals surface area contributed by atoms with Crippen molar-refractivity contribution in [2.24, 2.45) is 5.92 Å². The quantitative estimate of drug-likeness (QED) is 0.627. The van der Waals surface area contributed by atoms with Gasteiger partial charge in [-0.3, -0.25) is 10.1 Å². The number of nitrogens with zero attached hydrogens (tertiary/aromatic N) is 2. The van der Waals surface area contributed by atoms with E-state index < -0.39 is 10.5 Å². The number of aliphatic hydroxyl groups is 1. The highest BCUT2D eigenvalue weighted by molar-refractivity contribution is 5.77. The molecule has 7 nitrogen and oxygen atoms in total. The molecule has 0 fully saturated rings. The van der Waals surface area contributed by atoms with Crippen LogP contribution in [0.15, 0.2) is 22.6 Å². The van der Waals surface area contributed by atoms with Crippen LogP contribution in [0.25, 0.3) is 11.1 Å². The van der Waals surface area contributed by atoms with Crippen molar-refractivity contribution in [3.63, 3.8) is 0 Å². The van der Waals surface area contributed by atoms with Crippen LogP contribution in [0.1, 0.15) is 27.2 Å². The maximum Gasteiger partial charge on any atom is 0.295 e. The van der Waals surface area contributed by atoms with Crippen molar-refractivity contribution in [2.75, 3.05) is 11.9 Å². The number of hydrogen-bond donors (Lipinski definition) is 2. The summed E-state index contributed by atoms with van der Waals surface area (Å²) in [5.41, 5.74) is -0.0307. The monoisotopic (exact) mass is 293 g/mol. The highest BCUT2D eigenvalue weighted by Crippen LogP contribution is 2.24. The molecular formula is C14H19N3O4. The van der Waals surface area contributed by atoms with E-state index in [-0.39, 0.29) is 11.7 Å². The standard InChI is InChI=1S/C14H19N3O4/c1-9(2)7-14(3,18)8-15-13-16-11-6-10(17(19)20)4-5-12(11)21-13/h4-6,9,18H,7-8H2,1-3H3,(H,15,16). The smallest absolute Gasteiger partial charge is 0.295 e. The average molecular weight is 293 g/mol. The molecule has 0 aliphatic heterocycles. The molecule has 1 aromatic carbocycles. The molecule has 0 bridgehead atoms. The van der Waals surface area contributed by atoms with Crippen LogP contribution in [0.2, 0.25) is 0 Å². The summed E-state index contributed by atoms with van der Waals surface area (Å²) in [6.45, 7) is 6.10. The van der Waals surface area contributed by atoms with Gasteiger partial charge in [0.25, 0.3) is 11.7 Å². The first-order valence-electron chi connectivity index (χ1n) is 6.78. The fraction of sp³-hybridized carbons (Fsp3) is 0.500. The van der Waals surface area contributed by atoms with E-state index in [0.717, 1.165) is 0 Å². The first-order valence-corrected chi connectivity index (χ1v) is 6.78. The van der Waals surface area contributed by atoms with E-state index in [1.165, 1.54) is 18.2 Å². The lowest BCUT2D eigenvalue weighted by Crippen LogP contribution is -2.34. The van der Waals surface area contributed by atoms with Gasteiger partial charge in [0.15, 0.2) is 5.58 Å². The Balaban J connectivity index is 2.11. The molecule has 1 atom stereocenters. The van der Waals surface area contributed by atoms with Gasteiger partial charge in [0.2, 0.25) is 0 Å². The fourth-order valence-electron chi connectivity index (χ4n) is 2.32. The lowest BCUT2D eigenvalue weighted by atomic mass is 9.94. The Morgan fingerprint density at radius 2 is 2.24 bits per heavy atom. The van der Waals surface area contributed by atoms with Gasteiger partial charge < -0.3 is 14.8 Å². The molecule has 2 rings (SSSR count). The van der Waals surface area contributed by atoms with Crippen LogP contribution < -0.4 is 5.32 Å². The predicted octanol–water partition coefficient (Wildman–Crippen LogP) is 2.95. The van der Waals surface area contributed by atoms with Crippen molar-refractivity contribution in [1.29, 1.82) is 0 Å². The van der Waals surface area contributed by atoms with E-state index in [1.807, 2.05) is 13.8 Å². The highest BCUT2D eigenvalue weighted by Gasteiger charge is 2.22. The van der Waals surface area contributed by atoms with E-state index >= 15 is 0 Å². The number of fused-ring (bicyclic) bond motifs is 1. The van der Waals surface area contributed by atoms with Gasteiger partial charge in [-0.05, 0) is 25.3 Å². The number of aromatic nitrogens is 1. The summed E-state index contributed by atoms with van der Waals surface area (Å²) in [5.74, 6) is 0.369. The lowest BCUT2D eigenvalue weighted by Gasteiger charge is -2.25. The third kappa shape index (κ3) is 3.91. The molecule has 0 saturated heterocycles. The number of benzene rings is 1. The van der Waals surface area contributed by atoms with Gasteiger partial charge in [-0.25, -0.2) is 0 Å². The number of oxazole rings is 1. The molecule has 1 heterocycles. The molecule has 0 amide bonds. The molecule has 0 radical (unpaired) electrons. The van der Waals surface area contributed by atoms with Crippen LogP contribution in [0.5, 0.6) is 0 Å². The third-order valence-electron chi connectivity index (χ3n) is 3.05. The SMILES string of the molecule is CC(C)CC(C)(O)CNc1nc2cc([N+](=O)[O-])ccc2o1. The zero-order chi connectivity index (χ0) is 15.6. The van der Waals surface area contributed by atoms with Crippen molar-refractivity contribution in [1.82, 2.24) is 4.98 Å². The number of nitrogens with one attached hydrogen (secondary N) is 1. The summed E-state index contributed by atoms with van der Waals surface area (Å²) in [6, 6.07) is 4.48. The van der Waals surface area contributed by atoms with Crippen molar-refractivity contribution < 1.29 is 14.4 Å². The Bertz CT molecular complexity index is 649. The largest absolute Gasteiger partial charge is 0.424 e. The summed E-state index contributed by atoms with van der Waals surface area (Å²) in [7, 11) is 0. The zero-order valence-corrected chi connectivity index (χ0v) is 12.3. The molecule has 1 unspecified atom stereocenters. The van der Waals surface area contributed by atoms with E-state index in [1.54, 1.807) is 6.92 Å². The molecular weight excluding hydrogens is 274 g/mol. The van der Waals surface area contributed by atoms with Crippen LogP contribution in [0, 0.1) is 16.0 Å². The molecule has 0 aliphatic rings. The Morgan fingerprint density at radius 1 is 1.52 bits per heavy atom. The maximum absolute atomic E-state index is 10.7. The first kappa shape index (κ1) is 15.2. The van der Waals surface area contributed by atoms with E-state index in [4.69, 9.17) is 4.42 Å². The summed E-state index contributed by atoms with van der Waals surface area (Å²) in [6.07, 6.45) is 0.645. The minimum absolute atomic E-state index is 0.0332. The maximum atomic E-state index is 10.7. The predicted molar refractivity (Wildman–Crippen MR) is 79.2 cm³/mol. The first-order chi connectivity index (χ1) is 9.77. The molecule has 21 heavy (non-hydrogen) atoms. The van der Waals surface area contributed by atoms with Gasteiger partial charge in [-0.1, -0.05) is 13.8 Å². The minimum Gasteiger partial charge on any atom is -0.424 e. The van der Waals surface area contributed by atoms with Gasteiger partial charge >= 0.3 is 0 Å². The molecule has 0 saturated carbocycles. The normalized spacial score (nSPS) is 14.3. The van der Waals surface area contributed by atoms with E-state index in [9.17, 15) is 15.2 Å². The third-order valence-corrected chi connectivity index (χ3v) is 3.05. The van der Waals surface area contributed by atoms with Crippen LogP contribution >= 0.6 is 0 Å². The number of nitro benzene ring substituents is 1. The van der Waals surface area contributed by atoms with Gasteiger partial charge in [0.05, 0.1) is 10.5 Å². The number of rotatable bonds is 6. The summed E-state index contributed by atoms with van der Waals surface area (Å²) < 4.78 is 5.45. The van der Waals surface area contributed by atoms with Gasteiger partial charge in [0, 0.05) is 18.7 Å². The Labute approximate surface area is 122 Å². The Kier molecular flexibility index (Phi) is 4.13. The summed E-state index contributed by atoms with van der Waals surface area (Å²) in [5, 5.41) is 23.9. The Morgan fingerprint density at radius 3 is 2.86 bits per heavy atom. The number of anilines is 1. The number of nitro groups is 1. The molecule has 114 valence electrons. The fourth-order valence-corrected chi connectivity index (χ4v) is 2.32. The molecule has 0 spiro atoms. The van der Waals surface area contributed by atoms with Gasteiger partial charge in [-0.2, -0.15) is 4.98 Å². The second-order valence-electron chi connectivity index (χ2n) is 5.88. The van der Waals surface area contributed by atoms with Crippen LogP contribution in [0.3, 0.4) is 0 Å². The summed E-state index contributed by atoms with van der Waals surface area (Å²) >= 11 is 0.